The molecule has 1 aliphatic rings. The van der Waals surface area contributed by atoms with E-state index in [9.17, 15) is 9.59 Å². The monoisotopic (exact) mass is 418 g/mol. The van der Waals surface area contributed by atoms with Gasteiger partial charge in [0.15, 0.2) is 0 Å². The molecule has 1 unspecified atom stereocenters. The van der Waals surface area contributed by atoms with Gasteiger partial charge in [-0.3, -0.25) is 9.59 Å². The first-order chi connectivity index (χ1) is 14.9. The third kappa shape index (κ3) is 6.81. The summed E-state index contributed by atoms with van der Waals surface area (Å²) in [6, 6.07) is 18.3. The molecule has 1 atom stereocenters. The minimum absolute atomic E-state index is 0.0116. The molecule has 31 heavy (non-hydrogen) atoms. The average Bonchev–Trinajstić information content (AvgIpc) is 2.78. The molecule has 0 radical (unpaired) electrons. The number of nitrogens with one attached hydrogen (secondary N) is 1. The van der Waals surface area contributed by atoms with Crippen LogP contribution in [0.4, 0.5) is 0 Å². The molecule has 2 amide bonds. The summed E-state index contributed by atoms with van der Waals surface area (Å²) in [6.45, 7) is 7.70. The van der Waals surface area contributed by atoms with Crippen molar-refractivity contribution < 1.29 is 9.59 Å². The second-order valence-electron chi connectivity index (χ2n) is 8.91. The third-order valence-corrected chi connectivity index (χ3v) is 5.88. The number of rotatable bonds is 7. The number of hydrogen-bond acceptors (Lipinski definition) is 2. The maximum absolute atomic E-state index is 12.8. The molecule has 1 N–H and O–H groups in total. The van der Waals surface area contributed by atoms with Gasteiger partial charge in [-0.15, -0.1) is 0 Å². The van der Waals surface area contributed by atoms with Gasteiger partial charge in [0.25, 0.3) is 0 Å². The minimum Gasteiger partial charge on any atom is -0.349 e. The van der Waals surface area contributed by atoms with E-state index >= 15 is 0 Å². The molecule has 2 aromatic rings. The number of amides is 2. The highest BCUT2D eigenvalue weighted by atomic mass is 16.2. The zero-order valence-electron chi connectivity index (χ0n) is 18.9. The first-order valence-corrected chi connectivity index (χ1v) is 11.3. The van der Waals surface area contributed by atoms with Gasteiger partial charge in [-0.1, -0.05) is 68.4 Å². The lowest BCUT2D eigenvalue weighted by molar-refractivity contribution is -0.132. The second kappa shape index (κ2) is 10.9. The lowest BCUT2D eigenvalue weighted by Crippen LogP contribution is -2.43. The molecule has 1 aliphatic heterocycles. The summed E-state index contributed by atoms with van der Waals surface area (Å²) in [5.74, 6) is 0.697. The van der Waals surface area contributed by atoms with Crippen LogP contribution in [-0.4, -0.2) is 29.8 Å². The summed E-state index contributed by atoms with van der Waals surface area (Å²) in [6.07, 6.45) is 5.95. The molecular formula is C27H34N2O2. The van der Waals surface area contributed by atoms with Crippen molar-refractivity contribution in [2.75, 3.05) is 13.1 Å². The van der Waals surface area contributed by atoms with Crippen LogP contribution in [0.3, 0.4) is 0 Å². The highest BCUT2D eigenvalue weighted by molar-refractivity contribution is 5.92. The van der Waals surface area contributed by atoms with E-state index in [0.717, 1.165) is 17.5 Å². The first-order valence-electron chi connectivity index (χ1n) is 11.3. The molecule has 0 bridgehead atoms. The summed E-state index contributed by atoms with van der Waals surface area (Å²) in [4.78, 5) is 27.0. The van der Waals surface area contributed by atoms with Gasteiger partial charge in [0.1, 0.15) is 0 Å². The molecular weight excluding hydrogens is 384 g/mol. The van der Waals surface area contributed by atoms with Crippen LogP contribution in [0.5, 0.6) is 0 Å². The molecule has 2 aromatic carbocycles. The maximum Gasteiger partial charge on any atom is 0.246 e. The fourth-order valence-electron chi connectivity index (χ4n) is 4.03. The van der Waals surface area contributed by atoms with E-state index in [2.05, 4.69) is 43.4 Å². The fraction of sp³-hybridized carbons (Fsp3) is 0.407. The van der Waals surface area contributed by atoms with E-state index in [1.54, 1.807) is 6.08 Å². The highest BCUT2D eigenvalue weighted by Crippen LogP contribution is 2.21. The summed E-state index contributed by atoms with van der Waals surface area (Å²) < 4.78 is 0. The van der Waals surface area contributed by atoms with Gasteiger partial charge in [-0.05, 0) is 54.9 Å². The van der Waals surface area contributed by atoms with Gasteiger partial charge >= 0.3 is 0 Å². The van der Waals surface area contributed by atoms with Crippen molar-refractivity contribution in [2.45, 2.75) is 46.1 Å². The normalized spacial score (nSPS) is 15.9. The molecule has 0 aliphatic carbocycles. The first kappa shape index (κ1) is 22.8. The Morgan fingerprint density at radius 2 is 1.65 bits per heavy atom. The van der Waals surface area contributed by atoms with E-state index in [-0.39, 0.29) is 23.8 Å². The van der Waals surface area contributed by atoms with E-state index in [4.69, 9.17) is 0 Å². The Hall–Kier alpha value is -2.88. The molecule has 3 rings (SSSR count). The Labute approximate surface area is 186 Å². The number of nitrogens with zero attached hydrogens (tertiary/aromatic N) is 1. The topological polar surface area (TPSA) is 49.4 Å². The number of piperidine rings is 1. The van der Waals surface area contributed by atoms with Crippen LogP contribution in [0.15, 0.2) is 60.7 Å². The SMILES string of the molecule is CC(C)Cc1ccc(C(C)NC(=O)C2CCN(C(=O)/C=C/c3ccccc3)CC2)cc1. The Balaban J connectivity index is 1.46. The molecule has 1 heterocycles. The van der Waals surface area contributed by atoms with Gasteiger partial charge in [-0.25, -0.2) is 0 Å². The number of hydrogen-bond donors (Lipinski definition) is 1. The summed E-state index contributed by atoms with van der Waals surface area (Å²) in [5.41, 5.74) is 3.46. The van der Waals surface area contributed by atoms with Crippen LogP contribution in [0.25, 0.3) is 6.08 Å². The molecule has 0 saturated carbocycles. The van der Waals surface area contributed by atoms with E-state index in [1.807, 2.05) is 48.2 Å². The highest BCUT2D eigenvalue weighted by Gasteiger charge is 2.27. The lowest BCUT2D eigenvalue weighted by atomic mass is 9.94. The predicted octanol–water partition coefficient (Wildman–Crippen LogP) is 5.01. The summed E-state index contributed by atoms with van der Waals surface area (Å²) >= 11 is 0. The van der Waals surface area contributed by atoms with Crippen molar-refractivity contribution in [3.63, 3.8) is 0 Å². The maximum atomic E-state index is 12.8. The van der Waals surface area contributed by atoms with E-state index < -0.39 is 0 Å². The number of benzene rings is 2. The number of carbonyl (C=O) groups is 2. The predicted molar refractivity (Wildman–Crippen MR) is 126 cm³/mol. The summed E-state index contributed by atoms with van der Waals surface area (Å²) in [5, 5.41) is 3.16. The van der Waals surface area contributed by atoms with E-state index in [1.165, 1.54) is 5.56 Å². The molecule has 0 spiro atoms. The third-order valence-electron chi connectivity index (χ3n) is 5.88. The van der Waals surface area contributed by atoms with Crippen LogP contribution in [0.2, 0.25) is 0 Å². The van der Waals surface area contributed by atoms with Gasteiger partial charge in [-0.2, -0.15) is 0 Å². The van der Waals surface area contributed by atoms with Crippen molar-refractivity contribution in [1.82, 2.24) is 10.2 Å². The van der Waals surface area contributed by atoms with Crippen molar-refractivity contribution >= 4 is 17.9 Å². The largest absolute Gasteiger partial charge is 0.349 e. The van der Waals surface area contributed by atoms with Crippen molar-refractivity contribution in [3.8, 4) is 0 Å². The van der Waals surface area contributed by atoms with Crippen molar-refractivity contribution in [3.05, 3.63) is 77.4 Å². The van der Waals surface area contributed by atoms with Gasteiger partial charge in [0.2, 0.25) is 11.8 Å². The second-order valence-corrected chi connectivity index (χ2v) is 8.91. The molecule has 1 saturated heterocycles. The zero-order chi connectivity index (χ0) is 22.2. The zero-order valence-corrected chi connectivity index (χ0v) is 18.9. The Bertz CT molecular complexity index is 879. The van der Waals surface area contributed by atoms with Crippen molar-refractivity contribution in [1.29, 1.82) is 0 Å². The van der Waals surface area contributed by atoms with Gasteiger partial charge < -0.3 is 10.2 Å². The lowest BCUT2D eigenvalue weighted by Gasteiger charge is -2.31. The van der Waals surface area contributed by atoms with Gasteiger partial charge in [0, 0.05) is 25.1 Å². The minimum atomic E-state index is -0.0372. The van der Waals surface area contributed by atoms with Crippen LogP contribution >= 0.6 is 0 Å². The molecule has 4 heteroatoms. The van der Waals surface area contributed by atoms with Crippen molar-refractivity contribution in [2.24, 2.45) is 11.8 Å². The molecule has 164 valence electrons. The quantitative estimate of drug-likeness (QED) is 0.642. The van der Waals surface area contributed by atoms with Crippen LogP contribution in [0.1, 0.15) is 56.3 Å². The van der Waals surface area contributed by atoms with Crippen LogP contribution in [-0.2, 0) is 16.0 Å². The average molecular weight is 419 g/mol. The number of carbonyl (C=O) groups excluding carboxylic acids is 2. The van der Waals surface area contributed by atoms with E-state index in [0.29, 0.717) is 31.8 Å². The fourth-order valence-corrected chi connectivity index (χ4v) is 4.03. The summed E-state index contributed by atoms with van der Waals surface area (Å²) in [7, 11) is 0. The van der Waals surface area contributed by atoms with Gasteiger partial charge in [0.05, 0.1) is 6.04 Å². The smallest absolute Gasteiger partial charge is 0.246 e. The number of likely N-dealkylation sites (tertiary alicyclic amines) is 1. The Kier molecular flexibility index (Phi) is 8.05. The van der Waals surface area contributed by atoms with Crippen LogP contribution in [0, 0.1) is 11.8 Å². The molecule has 4 nitrogen and oxygen atoms in total. The molecule has 1 fully saturated rings. The standard InChI is InChI=1S/C27H34N2O2/c1-20(2)19-23-9-12-24(13-10-23)21(3)28-27(31)25-15-17-29(18-16-25)26(30)14-11-22-7-5-4-6-8-22/h4-14,20-21,25H,15-19H2,1-3H3,(H,28,31)/b14-11+. The van der Waals surface area contributed by atoms with Crippen LogP contribution < -0.4 is 5.32 Å². The Morgan fingerprint density at radius 1 is 1.00 bits per heavy atom. The molecule has 0 aromatic heterocycles. The Morgan fingerprint density at radius 3 is 2.26 bits per heavy atom.